The molecule has 0 unspecified atom stereocenters. The van der Waals surface area contributed by atoms with E-state index in [9.17, 15) is 9.59 Å². The summed E-state index contributed by atoms with van der Waals surface area (Å²) >= 11 is 0. The van der Waals surface area contributed by atoms with Crippen molar-refractivity contribution in [2.75, 3.05) is 12.1 Å². The van der Waals surface area contributed by atoms with Crippen LogP contribution in [0.25, 0.3) is 0 Å². The largest absolute Gasteiger partial charge is 0.478 e. The van der Waals surface area contributed by atoms with Gasteiger partial charge < -0.3 is 19.9 Å². The lowest BCUT2D eigenvalue weighted by atomic mass is 10.1. The van der Waals surface area contributed by atoms with E-state index in [1.807, 2.05) is 0 Å². The summed E-state index contributed by atoms with van der Waals surface area (Å²) in [5.74, 6) is -0.271. The third-order valence-electron chi connectivity index (χ3n) is 3.37. The van der Waals surface area contributed by atoms with E-state index in [0.29, 0.717) is 22.7 Å². The zero-order valence-corrected chi connectivity index (χ0v) is 11.8. The van der Waals surface area contributed by atoms with Crippen LogP contribution >= 0.6 is 0 Å². The van der Waals surface area contributed by atoms with Crippen molar-refractivity contribution in [3.8, 4) is 11.5 Å². The van der Waals surface area contributed by atoms with Crippen LogP contribution in [0.4, 0.5) is 5.69 Å². The lowest BCUT2D eigenvalue weighted by Crippen LogP contribution is -2.13. The molecule has 0 fully saturated rings. The second-order valence-corrected chi connectivity index (χ2v) is 4.86. The molecule has 0 aromatic heterocycles. The fraction of sp³-hybridized carbons (Fsp3) is 0.125. The summed E-state index contributed by atoms with van der Waals surface area (Å²) in [7, 11) is 0. The molecule has 2 aromatic carbocycles. The summed E-state index contributed by atoms with van der Waals surface area (Å²) in [5, 5.41) is 11.7. The summed E-state index contributed by atoms with van der Waals surface area (Å²) in [6.45, 7) is 1.93. The van der Waals surface area contributed by atoms with Crippen molar-refractivity contribution in [1.29, 1.82) is 0 Å². The second kappa shape index (κ2) is 5.40. The van der Waals surface area contributed by atoms with Crippen LogP contribution in [-0.4, -0.2) is 23.8 Å². The van der Waals surface area contributed by atoms with Gasteiger partial charge in [0.1, 0.15) is 0 Å². The first-order valence-electron chi connectivity index (χ1n) is 6.59. The molecule has 3 rings (SSSR count). The van der Waals surface area contributed by atoms with Crippen LogP contribution in [0, 0.1) is 6.92 Å². The number of ether oxygens (including phenoxy) is 2. The number of anilines is 1. The lowest BCUT2D eigenvalue weighted by molar-refractivity contribution is 0.0696. The number of carboxylic acid groups (broad SMARTS) is 1. The number of nitrogens with one attached hydrogen (secondary N) is 1. The SMILES string of the molecule is Cc1ccc(C(=O)O)cc1NC(=O)c1ccc2c(c1)OCO2. The van der Waals surface area contributed by atoms with Crippen molar-refractivity contribution in [2.24, 2.45) is 0 Å². The van der Waals surface area contributed by atoms with E-state index in [-0.39, 0.29) is 18.3 Å². The number of hydrogen-bond donors (Lipinski definition) is 2. The van der Waals surface area contributed by atoms with E-state index in [1.54, 1.807) is 31.2 Å². The smallest absolute Gasteiger partial charge is 0.335 e. The number of rotatable bonds is 3. The fourth-order valence-corrected chi connectivity index (χ4v) is 2.12. The van der Waals surface area contributed by atoms with Crippen LogP contribution < -0.4 is 14.8 Å². The molecule has 2 aromatic rings. The van der Waals surface area contributed by atoms with Gasteiger partial charge in [0.15, 0.2) is 11.5 Å². The van der Waals surface area contributed by atoms with Crippen LogP contribution in [-0.2, 0) is 0 Å². The molecule has 2 N–H and O–H groups in total. The van der Waals surface area contributed by atoms with E-state index >= 15 is 0 Å². The van der Waals surface area contributed by atoms with Crippen molar-refractivity contribution in [3.63, 3.8) is 0 Å². The molecule has 6 heteroatoms. The van der Waals surface area contributed by atoms with Gasteiger partial charge in [-0.2, -0.15) is 0 Å². The Morgan fingerprint density at radius 2 is 1.77 bits per heavy atom. The molecule has 0 bridgehead atoms. The van der Waals surface area contributed by atoms with Crippen LogP contribution in [0.2, 0.25) is 0 Å². The van der Waals surface area contributed by atoms with E-state index in [0.717, 1.165) is 5.56 Å². The van der Waals surface area contributed by atoms with Gasteiger partial charge in [0.05, 0.1) is 5.56 Å². The Morgan fingerprint density at radius 3 is 2.55 bits per heavy atom. The molecule has 0 saturated heterocycles. The first-order chi connectivity index (χ1) is 10.5. The highest BCUT2D eigenvalue weighted by molar-refractivity contribution is 6.05. The van der Waals surface area contributed by atoms with Gasteiger partial charge in [0.25, 0.3) is 5.91 Å². The number of amides is 1. The minimum atomic E-state index is -1.04. The Kier molecular flexibility index (Phi) is 3.42. The number of benzene rings is 2. The van der Waals surface area contributed by atoms with E-state index < -0.39 is 5.97 Å². The van der Waals surface area contributed by atoms with Gasteiger partial charge in [-0.25, -0.2) is 4.79 Å². The zero-order valence-electron chi connectivity index (χ0n) is 11.8. The average Bonchev–Trinajstić information content (AvgIpc) is 2.96. The quantitative estimate of drug-likeness (QED) is 0.910. The Balaban J connectivity index is 1.85. The fourth-order valence-electron chi connectivity index (χ4n) is 2.12. The molecule has 0 radical (unpaired) electrons. The normalized spacial score (nSPS) is 12.0. The van der Waals surface area contributed by atoms with Gasteiger partial charge in [-0.3, -0.25) is 4.79 Å². The summed E-state index contributed by atoms with van der Waals surface area (Å²) < 4.78 is 10.4. The standard InChI is InChI=1S/C16H13NO5/c1-9-2-3-11(16(19)20)6-12(9)17-15(18)10-4-5-13-14(7-10)22-8-21-13/h2-7H,8H2,1H3,(H,17,18)(H,19,20). The summed E-state index contributed by atoms with van der Waals surface area (Å²) in [6.07, 6.45) is 0. The van der Waals surface area contributed by atoms with Gasteiger partial charge in [0, 0.05) is 11.3 Å². The number of carboxylic acids is 1. The molecule has 1 heterocycles. The molecular formula is C16H13NO5. The molecule has 0 spiro atoms. The minimum absolute atomic E-state index is 0.117. The maximum absolute atomic E-state index is 12.3. The molecule has 112 valence electrons. The third-order valence-corrected chi connectivity index (χ3v) is 3.37. The van der Waals surface area contributed by atoms with Crippen molar-refractivity contribution in [3.05, 3.63) is 53.1 Å². The molecule has 6 nitrogen and oxygen atoms in total. The molecule has 0 saturated carbocycles. The van der Waals surface area contributed by atoms with E-state index in [4.69, 9.17) is 14.6 Å². The van der Waals surface area contributed by atoms with E-state index in [1.165, 1.54) is 12.1 Å². The minimum Gasteiger partial charge on any atom is -0.478 e. The number of carbonyl (C=O) groups excluding carboxylic acids is 1. The highest BCUT2D eigenvalue weighted by atomic mass is 16.7. The molecule has 1 aliphatic rings. The number of hydrogen-bond acceptors (Lipinski definition) is 4. The predicted molar refractivity (Wildman–Crippen MR) is 78.7 cm³/mol. The van der Waals surface area contributed by atoms with Crippen molar-refractivity contribution < 1.29 is 24.2 Å². The van der Waals surface area contributed by atoms with Crippen LogP contribution in [0.1, 0.15) is 26.3 Å². The third kappa shape index (κ3) is 2.58. The maximum atomic E-state index is 12.3. The monoisotopic (exact) mass is 299 g/mol. The van der Waals surface area contributed by atoms with Crippen LogP contribution in [0.3, 0.4) is 0 Å². The van der Waals surface area contributed by atoms with Gasteiger partial charge in [-0.15, -0.1) is 0 Å². The second-order valence-electron chi connectivity index (χ2n) is 4.86. The molecular weight excluding hydrogens is 286 g/mol. The molecule has 0 atom stereocenters. The Morgan fingerprint density at radius 1 is 1.05 bits per heavy atom. The van der Waals surface area contributed by atoms with Gasteiger partial charge in [0.2, 0.25) is 6.79 Å². The molecule has 1 amide bonds. The highest BCUT2D eigenvalue weighted by Gasteiger charge is 2.17. The Hall–Kier alpha value is -3.02. The van der Waals surface area contributed by atoms with Crippen LogP contribution in [0.15, 0.2) is 36.4 Å². The molecule has 22 heavy (non-hydrogen) atoms. The molecule has 1 aliphatic heterocycles. The average molecular weight is 299 g/mol. The Labute approximate surface area is 126 Å². The van der Waals surface area contributed by atoms with Crippen molar-refractivity contribution in [1.82, 2.24) is 0 Å². The first-order valence-corrected chi connectivity index (χ1v) is 6.59. The number of carbonyl (C=O) groups is 2. The summed E-state index contributed by atoms with van der Waals surface area (Å²) in [4.78, 5) is 23.3. The first kappa shape index (κ1) is 13.9. The number of fused-ring (bicyclic) bond motifs is 1. The lowest BCUT2D eigenvalue weighted by Gasteiger charge is -2.10. The van der Waals surface area contributed by atoms with Crippen molar-refractivity contribution >= 4 is 17.6 Å². The summed E-state index contributed by atoms with van der Waals surface area (Å²) in [6, 6.07) is 9.46. The number of aryl methyl sites for hydroxylation is 1. The topological polar surface area (TPSA) is 84.9 Å². The molecule has 0 aliphatic carbocycles. The van der Waals surface area contributed by atoms with Gasteiger partial charge in [-0.1, -0.05) is 6.07 Å². The highest BCUT2D eigenvalue weighted by Crippen LogP contribution is 2.32. The zero-order chi connectivity index (χ0) is 15.7. The predicted octanol–water partition coefficient (Wildman–Crippen LogP) is 2.67. The van der Waals surface area contributed by atoms with Crippen molar-refractivity contribution in [2.45, 2.75) is 6.92 Å². The van der Waals surface area contributed by atoms with Gasteiger partial charge >= 0.3 is 5.97 Å². The Bertz CT molecular complexity index is 769. The maximum Gasteiger partial charge on any atom is 0.335 e. The van der Waals surface area contributed by atoms with Gasteiger partial charge in [-0.05, 0) is 42.8 Å². The van der Waals surface area contributed by atoms with E-state index in [2.05, 4.69) is 5.32 Å². The summed E-state index contributed by atoms with van der Waals surface area (Å²) in [5.41, 5.74) is 1.76. The number of aromatic carboxylic acids is 1. The van der Waals surface area contributed by atoms with Crippen LogP contribution in [0.5, 0.6) is 11.5 Å².